The SMILES string of the molecule is Cc1cc(C)c(Nc2ccc(NC(=O)C3CC3)cn2)c(C)c1. The first-order valence-electron chi connectivity index (χ1n) is 7.65. The number of aryl methyl sites for hydroxylation is 3. The van der Waals surface area contributed by atoms with Crippen LogP contribution in [0.3, 0.4) is 0 Å². The van der Waals surface area contributed by atoms with Crippen molar-refractivity contribution in [1.29, 1.82) is 0 Å². The summed E-state index contributed by atoms with van der Waals surface area (Å²) in [7, 11) is 0. The minimum atomic E-state index is 0.104. The molecule has 0 unspecified atom stereocenters. The summed E-state index contributed by atoms with van der Waals surface area (Å²) in [6.07, 6.45) is 3.71. The van der Waals surface area contributed by atoms with Crippen molar-refractivity contribution in [3.63, 3.8) is 0 Å². The number of aromatic nitrogens is 1. The second-order valence-electron chi connectivity index (χ2n) is 6.09. The van der Waals surface area contributed by atoms with Gasteiger partial charge in [0.05, 0.1) is 11.9 Å². The smallest absolute Gasteiger partial charge is 0.227 e. The number of hydrogen-bond donors (Lipinski definition) is 2. The number of nitrogens with one attached hydrogen (secondary N) is 2. The van der Waals surface area contributed by atoms with Crippen molar-refractivity contribution >= 4 is 23.1 Å². The molecule has 1 aliphatic rings. The summed E-state index contributed by atoms with van der Waals surface area (Å²) in [5.74, 6) is 1.09. The van der Waals surface area contributed by atoms with Gasteiger partial charge in [-0.3, -0.25) is 4.79 Å². The average molecular weight is 295 g/mol. The van der Waals surface area contributed by atoms with Crippen molar-refractivity contribution in [2.24, 2.45) is 5.92 Å². The van der Waals surface area contributed by atoms with Gasteiger partial charge in [0, 0.05) is 11.6 Å². The fourth-order valence-corrected chi connectivity index (χ4v) is 2.64. The van der Waals surface area contributed by atoms with Crippen LogP contribution >= 0.6 is 0 Å². The molecule has 3 rings (SSSR count). The molecule has 4 heteroatoms. The number of amides is 1. The molecule has 0 bridgehead atoms. The average Bonchev–Trinajstić information content (AvgIpc) is 3.29. The van der Waals surface area contributed by atoms with E-state index in [1.54, 1.807) is 6.20 Å². The number of anilines is 3. The van der Waals surface area contributed by atoms with E-state index in [1.165, 1.54) is 16.7 Å². The van der Waals surface area contributed by atoms with E-state index in [9.17, 15) is 4.79 Å². The number of pyridine rings is 1. The summed E-state index contributed by atoms with van der Waals surface area (Å²) >= 11 is 0. The van der Waals surface area contributed by atoms with E-state index in [-0.39, 0.29) is 11.8 Å². The Balaban J connectivity index is 1.72. The highest BCUT2D eigenvalue weighted by atomic mass is 16.2. The Morgan fingerprint density at radius 1 is 1.14 bits per heavy atom. The fraction of sp³-hybridized carbons (Fsp3) is 0.333. The van der Waals surface area contributed by atoms with Crippen LogP contribution in [0.4, 0.5) is 17.2 Å². The molecule has 1 aliphatic carbocycles. The zero-order chi connectivity index (χ0) is 15.7. The summed E-state index contributed by atoms with van der Waals surface area (Å²) in [5.41, 5.74) is 5.50. The Hall–Kier alpha value is -2.36. The molecule has 2 N–H and O–H groups in total. The van der Waals surface area contributed by atoms with Gasteiger partial charge in [0.25, 0.3) is 0 Å². The molecule has 0 aliphatic heterocycles. The van der Waals surface area contributed by atoms with Gasteiger partial charge in [-0.15, -0.1) is 0 Å². The van der Waals surface area contributed by atoms with E-state index >= 15 is 0 Å². The molecule has 114 valence electrons. The lowest BCUT2D eigenvalue weighted by atomic mass is 10.1. The van der Waals surface area contributed by atoms with E-state index in [4.69, 9.17) is 0 Å². The van der Waals surface area contributed by atoms with Crippen molar-refractivity contribution < 1.29 is 4.79 Å². The summed E-state index contributed by atoms with van der Waals surface area (Å²) in [5, 5.41) is 6.26. The second kappa shape index (κ2) is 5.79. The molecular formula is C18H21N3O. The van der Waals surface area contributed by atoms with Crippen LogP contribution in [0.1, 0.15) is 29.5 Å². The van der Waals surface area contributed by atoms with Gasteiger partial charge in [0.15, 0.2) is 0 Å². The fourth-order valence-electron chi connectivity index (χ4n) is 2.64. The van der Waals surface area contributed by atoms with Gasteiger partial charge in [-0.05, 0) is 56.9 Å². The van der Waals surface area contributed by atoms with E-state index in [1.807, 2.05) is 12.1 Å². The standard InChI is InChI=1S/C18H21N3O/c1-11-8-12(2)17(13(3)9-11)21-16-7-6-15(10-19-16)20-18(22)14-4-5-14/h6-10,14H,4-5H2,1-3H3,(H,19,21)(H,20,22). The second-order valence-corrected chi connectivity index (χ2v) is 6.09. The number of benzene rings is 1. The summed E-state index contributed by atoms with van der Waals surface area (Å²) < 4.78 is 0. The van der Waals surface area contributed by atoms with E-state index < -0.39 is 0 Å². The maximum Gasteiger partial charge on any atom is 0.227 e. The van der Waals surface area contributed by atoms with E-state index in [2.05, 4.69) is 48.5 Å². The molecule has 1 fully saturated rings. The van der Waals surface area contributed by atoms with Gasteiger partial charge in [-0.1, -0.05) is 17.7 Å². The number of nitrogens with zero attached hydrogens (tertiary/aromatic N) is 1. The molecule has 1 amide bonds. The lowest BCUT2D eigenvalue weighted by Gasteiger charge is -2.13. The van der Waals surface area contributed by atoms with Gasteiger partial charge in [-0.25, -0.2) is 4.98 Å². The molecule has 0 radical (unpaired) electrons. The number of hydrogen-bond acceptors (Lipinski definition) is 3. The third kappa shape index (κ3) is 3.27. The number of carbonyl (C=O) groups is 1. The quantitative estimate of drug-likeness (QED) is 0.893. The molecule has 0 saturated heterocycles. The minimum absolute atomic E-state index is 0.104. The molecule has 0 atom stereocenters. The zero-order valence-corrected chi connectivity index (χ0v) is 13.2. The Morgan fingerprint density at radius 2 is 1.82 bits per heavy atom. The Labute approximate surface area is 131 Å². The number of carbonyl (C=O) groups excluding carboxylic acids is 1. The first kappa shape index (κ1) is 14.6. The van der Waals surface area contributed by atoms with Crippen LogP contribution in [0, 0.1) is 26.7 Å². The Kier molecular flexibility index (Phi) is 3.84. The van der Waals surface area contributed by atoms with Crippen LogP contribution < -0.4 is 10.6 Å². The minimum Gasteiger partial charge on any atom is -0.340 e. The molecule has 0 spiro atoms. The van der Waals surface area contributed by atoms with Crippen LogP contribution in [0.25, 0.3) is 0 Å². The molecule has 22 heavy (non-hydrogen) atoms. The molecular weight excluding hydrogens is 274 g/mol. The van der Waals surface area contributed by atoms with Crippen molar-refractivity contribution in [2.45, 2.75) is 33.6 Å². The highest BCUT2D eigenvalue weighted by Gasteiger charge is 2.29. The first-order valence-corrected chi connectivity index (χ1v) is 7.65. The maximum absolute atomic E-state index is 11.7. The van der Waals surface area contributed by atoms with Crippen molar-refractivity contribution in [3.05, 3.63) is 47.2 Å². The third-order valence-corrected chi connectivity index (χ3v) is 3.91. The monoisotopic (exact) mass is 295 g/mol. The highest BCUT2D eigenvalue weighted by Crippen LogP contribution is 2.30. The normalized spacial score (nSPS) is 13.8. The van der Waals surface area contributed by atoms with E-state index in [0.717, 1.165) is 30.0 Å². The molecule has 1 aromatic carbocycles. The lowest BCUT2D eigenvalue weighted by molar-refractivity contribution is -0.117. The van der Waals surface area contributed by atoms with Crippen LogP contribution in [0.2, 0.25) is 0 Å². The predicted octanol–water partition coefficient (Wildman–Crippen LogP) is 4.10. The van der Waals surface area contributed by atoms with Gasteiger partial charge >= 0.3 is 0 Å². The largest absolute Gasteiger partial charge is 0.340 e. The first-order chi connectivity index (χ1) is 10.5. The van der Waals surface area contributed by atoms with Crippen LogP contribution in [0.5, 0.6) is 0 Å². The third-order valence-electron chi connectivity index (χ3n) is 3.91. The summed E-state index contributed by atoms with van der Waals surface area (Å²) in [6, 6.07) is 8.08. The maximum atomic E-state index is 11.7. The van der Waals surface area contributed by atoms with Crippen LogP contribution in [-0.2, 0) is 4.79 Å². The zero-order valence-electron chi connectivity index (χ0n) is 13.2. The van der Waals surface area contributed by atoms with Crippen LogP contribution in [-0.4, -0.2) is 10.9 Å². The van der Waals surface area contributed by atoms with Crippen molar-refractivity contribution in [1.82, 2.24) is 4.98 Å². The molecule has 4 nitrogen and oxygen atoms in total. The Morgan fingerprint density at radius 3 is 2.36 bits per heavy atom. The van der Waals surface area contributed by atoms with Crippen LogP contribution in [0.15, 0.2) is 30.5 Å². The molecule has 1 aromatic heterocycles. The van der Waals surface area contributed by atoms with Gasteiger partial charge in [-0.2, -0.15) is 0 Å². The number of rotatable bonds is 4. The highest BCUT2D eigenvalue weighted by molar-refractivity contribution is 5.93. The molecule has 1 saturated carbocycles. The summed E-state index contributed by atoms with van der Waals surface area (Å²) in [6.45, 7) is 6.28. The van der Waals surface area contributed by atoms with Gasteiger partial charge in [0.2, 0.25) is 5.91 Å². The summed E-state index contributed by atoms with van der Waals surface area (Å²) in [4.78, 5) is 16.1. The van der Waals surface area contributed by atoms with Crippen molar-refractivity contribution in [3.8, 4) is 0 Å². The van der Waals surface area contributed by atoms with Crippen molar-refractivity contribution in [2.75, 3.05) is 10.6 Å². The van der Waals surface area contributed by atoms with Gasteiger partial charge < -0.3 is 10.6 Å². The molecule has 1 heterocycles. The lowest BCUT2D eigenvalue weighted by Crippen LogP contribution is -2.13. The van der Waals surface area contributed by atoms with Gasteiger partial charge in [0.1, 0.15) is 5.82 Å². The Bertz CT molecular complexity index is 680. The topological polar surface area (TPSA) is 54.0 Å². The van der Waals surface area contributed by atoms with E-state index in [0.29, 0.717) is 0 Å². The molecule has 2 aromatic rings. The predicted molar refractivity (Wildman–Crippen MR) is 89.5 cm³/mol.